The molecule has 2 N–H and O–H groups in total. The molecule has 0 aliphatic carbocycles. The van der Waals surface area contributed by atoms with Crippen molar-refractivity contribution >= 4 is 17.0 Å². The molecule has 0 aliphatic heterocycles. The molecule has 0 saturated heterocycles. The minimum atomic E-state index is 0.137. The van der Waals surface area contributed by atoms with Crippen LogP contribution in [-0.2, 0) is 6.54 Å². The van der Waals surface area contributed by atoms with E-state index in [0.29, 0.717) is 12.3 Å². The maximum Gasteiger partial charge on any atom is 0.160 e. The predicted molar refractivity (Wildman–Crippen MR) is 68.8 cm³/mol. The number of aromatic hydroxyl groups is 1. The Balaban J connectivity index is 2.02. The van der Waals surface area contributed by atoms with E-state index >= 15 is 0 Å². The molecule has 0 radical (unpaired) electrons. The number of benzene rings is 1. The zero-order valence-corrected chi connectivity index (χ0v) is 10.5. The summed E-state index contributed by atoms with van der Waals surface area (Å²) in [5.41, 5.74) is 0.856. The first-order valence-electron chi connectivity index (χ1n) is 5.21. The maximum atomic E-state index is 9.62. The number of phenolic OH excluding ortho intramolecular Hbond substituents is 1. The molecule has 0 fully saturated rings. The molecular weight excluding hydrogens is 236 g/mol. The van der Waals surface area contributed by atoms with Gasteiger partial charge in [-0.15, -0.1) is 11.3 Å². The highest BCUT2D eigenvalue weighted by Crippen LogP contribution is 2.28. The molecule has 0 spiro atoms. The Morgan fingerprint density at radius 3 is 2.88 bits per heavy atom. The molecule has 90 valence electrons. The van der Waals surface area contributed by atoms with Crippen LogP contribution >= 0.6 is 11.3 Å². The number of phenols is 1. The maximum absolute atomic E-state index is 9.62. The molecule has 1 heterocycles. The third-order valence-corrected chi connectivity index (χ3v) is 3.23. The molecule has 0 atom stereocenters. The van der Waals surface area contributed by atoms with Crippen molar-refractivity contribution in [3.63, 3.8) is 0 Å². The topological polar surface area (TPSA) is 54.4 Å². The molecule has 4 nitrogen and oxygen atoms in total. The van der Waals surface area contributed by atoms with E-state index in [1.165, 1.54) is 7.11 Å². The standard InChI is InChI=1S/C12H14N2O2S/c1-8-13-6-10(17-8)7-14-9-3-4-12(16-2)11(15)5-9/h3-6,14-15H,7H2,1-2H3. The van der Waals surface area contributed by atoms with Gasteiger partial charge in [0.25, 0.3) is 0 Å². The summed E-state index contributed by atoms with van der Waals surface area (Å²) in [6, 6.07) is 5.24. The number of aromatic nitrogens is 1. The molecule has 1 aromatic heterocycles. The second-order valence-electron chi connectivity index (χ2n) is 3.59. The van der Waals surface area contributed by atoms with Crippen molar-refractivity contribution in [1.29, 1.82) is 0 Å². The Kier molecular flexibility index (Phi) is 3.49. The normalized spacial score (nSPS) is 10.2. The predicted octanol–water partition coefficient (Wildman–Crippen LogP) is 2.78. The summed E-state index contributed by atoms with van der Waals surface area (Å²) in [5, 5.41) is 13.9. The van der Waals surface area contributed by atoms with Crippen LogP contribution in [0.5, 0.6) is 11.5 Å². The molecule has 0 aliphatic rings. The first-order chi connectivity index (χ1) is 8.19. The van der Waals surface area contributed by atoms with Gasteiger partial charge in [-0.1, -0.05) is 0 Å². The van der Waals surface area contributed by atoms with Crippen molar-refractivity contribution in [2.45, 2.75) is 13.5 Å². The minimum absolute atomic E-state index is 0.137. The lowest BCUT2D eigenvalue weighted by atomic mass is 10.2. The largest absolute Gasteiger partial charge is 0.504 e. The van der Waals surface area contributed by atoms with E-state index in [2.05, 4.69) is 10.3 Å². The van der Waals surface area contributed by atoms with Crippen molar-refractivity contribution in [3.05, 3.63) is 34.3 Å². The Labute approximate surface area is 104 Å². The molecular formula is C12H14N2O2S. The van der Waals surface area contributed by atoms with Crippen LogP contribution in [0.25, 0.3) is 0 Å². The number of hydrogen-bond acceptors (Lipinski definition) is 5. The van der Waals surface area contributed by atoms with Crippen LogP contribution in [0, 0.1) is 6.92 Å². The van der Waals surface area contributed by atoms with Crippen LogP contribution in [0.3, 0.4) is 0 Å². The van der Waals surface area contributed by atoms with E-state index in [4.69, 9.17) is 4.74 Å². The zero-order valence-electron chi connectivity index (χ0n) is 9.73. The molecule has 5 heteroatoms. The van der Waals surface area contributed by atoms with Crippen LogP contribution in [0.15, 0.2) is 24.4 Å². The van der Waals surface area contributed by atoms with Gasteiger partial charge in [0, 0.05) is 22.8 Å². The molecule has 17 heavy (non-hydrogen) atoms. The molecule has 2 aromatic rings. The third kappa shape index (κ3) is 2.88. The lowest BCUT2D eigenvalue weighted by Gasteiger charge is -2.07. The Hall–Kier alpha value is -1.75. The fraction of sp³-hybridized carbons (Fsp3) is 0.250. The van der Waals surface area contributed by atoms with Gasteiger partial charge in [-0.25, -0.2) is 4.98 Å². The average molecular weight is 250 g/mol. The van der Waals surface area contributed by atoms with Gasteiger partial charge >= 0.3 is 0 Å². The van der Waals surface area contributed by atoms with E-state index in [1.54, 1.807) is 23.5 Å². The number of ether oxygens (including phenoxy) is 1. The number of thiazole rings is 1. The molecule has 0 amide bonds. The quantitative estimate of drug-likeness (QED) is 0.876. The van der Waals surface area contributed by atoms with Gasteiger partial charge in [-0.05, 0) is 19.1 Å². The zero-order chi connectivity index (χ0) is 12.3. The van der Waals surface area contributed by atoms with E-state index in [-0.39, 0.29) is 5.75 Å². The van der Waals surface area contributed by atoms with Crippen molar-refractivity contribution in [2.75, 3.05) is 12.4 Å². The van der Waals surface area contributed by atoms with Crippen LogP contribution in [0.2, 0.25) is 0 Å². The fourth-order valence-electron chi connectivity index (χ4n) is 1.48. The number of anilines is 1. The summed E-state index contributed by atoms with van der Waals surface area (Å²) in [5.74, 6) is 0.613. The van der Waals surface area contributed by atoms with Gasteiger partial charge in [0.15, 0.2) is 11.5 Å². The summed E-state index contributed by atoms with van der Waals surface area (Å²) in [4.78, 5) is 5.35. The van der Waals surface area contributed by atoms with Gasteiger partial charge in [0.05, 0.1) is 18.7 Å². The number of methoxy groups -OCH3 is 1. The van der Waals surface area contributed by atoms with Gasteiger partial charge in [-0.3, -0.25) is 0 Å². The summed E-state index contributed by atoms with van der Waals surface area (Å²) >= 11 is 1.66. The Morgan fingerprint density at radius 1 is 1.47 bits per heavy atom. The molecule has 1 aromatic carbocycles. The first-order valence-corrected chi connectivity index (χ1v) is 6.03. The number of aryl methyl sites for hydroxylation is 1. The second-order valence-corrected chi connectivity index (χ2v) is 4.91. The lowest BCUT2D eigenvalue weighted by molar-refractivity contribution is 0.373. The average Bonchev–Trinajstić information content (AvgIpc) is 2.73. The van der Waals surface area contributed by atoms with Gasteiger partial charge in [-0.2, -0.15) is 0 Å². The number of hydrogen-bond donors (Lipinski definition) is 2. The highest BCUT2D eigenvalue weighted by Gasteiger charge is 2.03. The molecule has 0 bridgehead atoms. The molecule has 0 unspecified atom stereocenters. The van der Waals surface area contributed by atoms with Crippen molar-refractivity contribution in [3.8, 4) is 11.5 Å². The van der Waals surface area contributed by atoms with Crippen LogP contribution in [0.4, 0.5) is 5.69 Å². The van der Waals surface area contributed by atoms with Crippen LogP contribution in [-0.4, -0.2) is 17.2 Å². The van der Waals surface area contributed by atoms with Crippen LogP contribution in [0.1, 0.15) is 9.88 Å². The van der Waals surface area contributed by atoms with E-state index < -0.39 is 0 Å². The summed E-state index contributed by atoms with van der Waals surface area (Å²) in [6.07, 6.45) is 1.86. The third-order valence-electron chi connectivity index (χ3n) is 2.31. The van der Waals surface area contributed by atoms with Gasteiger partial charge in [0.2, 0.25) is 0 Å². The second kappa shape index (κ2) is 5.05. The Bertz CT molecular complexity index is 511. The monoisotopic (exact) mass is 250 g/mol. The molecule has 2 rings (SSSR count). The first kappa shape index (κ1) is 11.7. The lowest BCUT2D eigenvalue weighted by Crippen LogP contribution is -1.97. The van der Waals surface area contributed by atoms with E-state index in [0.717, 1.165) is 15.6 Å². The SMILES string of the molecule is COc1ccc(NCc2cnc(C)s2)cc1O. The smallest absolute Gasteiger partial charge is 0.160 e. The van der Waals surface area contributed by atoms with Crippen molar-refractivity contribution in [2.24, 2.45) is 0 Å². The fourth-order valence-corrected chi connectivity index (χ4v) is 2.21. The summed E-state index contributed by atoms with van der Waals surface area (Å²) in [7, 11) is 1.53. The van der Waals surface area contributed by atoms with Crippen molar-refractivity contribution < 1.29 is 9.84 Å². The summed E-state index contributed by atoms with van der Waals surface area (Å²) in [6.45, 7) is 2.69. The van der Waals surface area contributed by atoms with Gasteiger partial charge < -0.3 is 15.2 Å². The number of rotatable bonds is 4. The van der Waals surface area contributed by atoms with Crippen molar-refractivity contribution in [1.82, 2.24) is 4.98 Å². The minimum Gasteiger partial charge on any atom is -0.504 e. The number of nitrogens with one attached hydrogen (secondary N) is 1. The highest BCUT2D eigenvalue weighted by atomic mass is 32.1. The summed E-state index contributed by atoms with van der Waals surface area (Å²) < 4.78 is 4.98. The number of nitrogens with zero attached hydrogens (tertiary/aromatic N) is 1. The van der Waals surface area contributed by atoms with E-state index in [1.807, 2.05) is 19.2 Å². The molecule has 0 saturated carbocycles. The van der Waals surface area contributed by atoms with Gasteiger partial charge in [0.1, 0.15) is 0 Å². The Morgan fingerprint density at radius 2 is 2.29 bits per heavy atom. The highest BCUT2D eigenvalue weighted by molar-refractivity contribution is 7.11. The van der Waals surface area contributed by atoms with Crippen LogP contribution < -0.4 is 10.1 Å². The van der Waals surface area contributed by atoms with E-state index in [9.17, 15) is 5.11 Å².